The van der Waals surface area contributed by atoms with Crippen LogP contribution in [0.2, 0.25) is 0 Å². The molecular weight excluding hydrogens is 631 g/mol. The molecule has 2 aromatic rings. The van der Waals surface area contributed by atoms with Crippen LogP contribution in [-0.4, -0.2) is 52.1 Å². The van der Waals surface area contributed by atoms with E-state index in [-0.39, 0.29) is 21.7 Å². The summed E-state index contributed by atoms with van der Waals surface area (Å²) in [5, 5.41) is 0. The molecule has 2 aromatic carbocycles. The van der Waals surface area contributed by atoms with Gasteiger partial charge < -0.3 is 18.3 Å². The standard InChI is InChI=1S/C42H67N5Si2/c1-38(2,3)27-43-34-17-13-14-18-35(34)44(28-39(4,5)6)48(43)47(42-24-31-21-32(25-42)23-33(22-31)26-42)49(48)45(29-40(7,8)9)36-19-15-16-20-37(36)46(49)30-41(10,11)12/h13-20,31-33H,21-30H2,1-12H3. The third-order valence-corrected chi connectivity index (χ3v) is 28.2. The van der Waals surface area contributed by atoms with Crippen molar-refractivity contribution in [3.05, 3.63) is 48.5 Å². The smallest absolute Gasteiger partial charge is 0.366 e. The van der Waals surface area contributed by atoms with Gasteiger partial charge in [-0.05, 0) is 102 Å². The number of hydrogen-bond donors (Lipinski definition) is 0. The second-order valence-electron chi connectivity index (χ2n) is 22.3. The van der Waals surface area contributed by atoms with E-state index in [1.165, 1.54) is 61.3 Å². The van der Waals surface area contributed by atoms with E-state index in [4.69, 9.17) is 0 Å². The average Bonchev–Trinajstić information content (AvgIpc) is 3.43. The van der Waals surface area contributed by atoms with Gasteiger partial charge in [-0.1, -0.05) is 107 Å². The van der Waals surface area contributed by atoms with E-state index in [2.05, 4.69) is 154 Å². The highest BCUT2D eigenvalue weighted by Gasteiger charge is 2.99. The van der Waals surface area contributed by atoms with E-state index in [9.17, 15) is 0 Å². The van der Waals surface area contributed by atoms with E-state index in [1.807, 2.05) is 0 Å². The van der Waals surface area contributed by atoms with Crippen molar-refractivity contribution < 1.29 is 0 Å². The number of rotatable bonds is 5. The molecule has 4 saturated carbocycles. The van der Waals surface area contributed by atoms with Gasteiger partial charge in [0.15, 0.2) is 0 Å². The number of hydrogen-bond acceptors (Lipinski definition) is 5. The Morgan fingerprint density at radius 2 is 0.714 bits per heavy atom. The molecule has 268 valence electrons. The number of para-hydroxylation sites is 4. The summed E-state index contributed by atoms with van der Waals surface area (Å²) < 4.78 is 16.2. The minimum atomic E-state index is -2.64. The Kier molecular flexibility index (Phi) is 7.36. The fourth-order valence-electron chi connectivity index (χ4n) is 12.0. The molecule has 0 radical (unpaired) electrons. The first-order chi connectivity index (χ1) is 22.7. The minimum Gasteiger partial charge on any atom is -0.366 e. The van der Waals surface area contributed by atoms with Crippen LogP contribution in [-0.2, 0) is 0 Å². The zero-order valence-electron chi connectivity index (χ0n) is 33.2. The zero-order valence-corrected chi connectivity index (χ0v) is 35.2. The molecule has 0 N–H and O–H groups in total. The lowest BCUT2D eigenvalue weighted by Crippen LogP contribution is -2.72. The Hall–Kier alpha value is -1.97. The molecule has 7 heteroatoms. The summed E-state index contributed by atoms with van der Waals surface area (Å²) in [4.78, 5) is 0. The maximum Gasteiger partial charge on any atom is 0.395 e. The molecule has 7 aliphatic rings. The summed E-state index contributed by atoms with van der Waals surface area (Å²) in [6.07, 6.45) is 8.75. The second-order valence-corrected chi connectivity index (χ2v) is 32.4. The lowest BCUT2D eigenvalue weighted by molar-refractivity contribution is -0.0339. The van der Waals surface area contributed by atoms with Gasteiger partial charge in [-0.25, -0.2) is 0 Å². The molecule has 5 nitrogen and oxygen atoms in total. The van der Waals surface area contributed by atoms with Crippen LogP contribution in [0, 0.1) is 39.4 Å². The van der Waals surface area contributed by atoms with Crippen molar-refractivity contribution in [3.8, 4) is 0 Å². The maximum atomic E-state index is 3.52. The van der Waals surface area contributed by atoms with E-state index in [0.717, 1.165) is 43.9 Å². The van der Waals surface area contributed by atoms with Gasteiger partial charge in [0.05, 0.1) is 22.7 Å². The molecule has 2 spiro atoms. The van der Waals surface area contributed by atoms with Crippen molar-refractivity contribution in [1.29, 1.82) is 0 Å². The fraction of sp³-hybridized carbons (Fsp3) is 0.714. The van der Waals surface area contributed by atoms with Crippen LogP contribution < -0.4 is 18.3 Å². The summed E-state index contributed by atoms with van der Waals surface area (Å²) in [6.45, 7) is 34.4. The molecule has 0 aromatic heterocycles. The highest BCUT2D eigenvalue weighted by Crippen LogP contribution is 2.72. The normalized spacial score (nSPS) is 30.9. The summed E-state index contributed by atoms with van der Waals surface area (Å²) in [5.41, 5.74) is 7.08. The lowest BCUT2D eigenvalue weighted by Gasteiger charge is -2.59. The molecule has 49 heavy (non-hydrogen) atoms. The summed E-state index contributed by atoms with van der Waals surface area (Å²) in [7, 11) is -5.28. The summed E-state index contributed by atoms with van der Waals surface area (Å²) in [6, 6.07) is 19.4. The monoisotopic (exact) mass is 697 g/mol. The van der Waals surface area contributed by atoms with Gasteiger partial charge in [0.25, 0.3) is 0 Å². The van der Waals surface area contributed by atoms with Crippen molar-refractivity contribution >= 4 is 38.9 Å². The third-order valence-electron chi connectivity index (χ3n) is 12.5. The molecule has 0 unspecified atom stereocenters. The molecule has 3 aliphatic heterocycles. The van der Waals surface area contributed by atoms with Crippen molar-refractivity contribution in [2.45, 2.75) is 127 Å². The second kappa shape index (κ2) is 10.6. The molecule has 0 amide bonds. The number of anilines is 4. The molecule has 4 aliphatic carbocycles. The van der Waals surface area contributed by atoms with Crippen LogP contribution in [0.3, 0.4) is 0 Å². The van der Waals surface area contributed by atoms with E-state index in [0.29, 0.717) is 5.54 Å². The highest BCUT2D eigenvalue weighted by atomic mass is 29.3. The molecule has 4 bridgehead atoms. The van der Waals surface area contributed by atoms with Crippen molar-refractivity contribution in [3.63, 3.8) is 0 Å². The molecule has 0 atom stereocenters. The van der Waals surface area contributed by atoms with Crippen LogP contribution in [0.1, 0.15) is 122 Å². The first-order valence-corrected chi connectivity index (χ1v) is 24.5. The van der Waals surface area contributed by atoms with Crippen LogP contribution in [0.5, 0.6) is 0 Å². The van der Waals surface area contributed by atoms with Gasteiger partial charge in [0, 0.05) is 31.7 Å². The van der Waals surface area contributed by atoms with Gasteiger partial charge in [-0.15, -0.1) is 0 Å². The Bertz CT molecular complexity index is 1390. The molecular formula is C42H67N5Si2. The summed E-state index contributed by atoms with van der Waals surface area (Å²) in [5.74, 6) is 2.74. The Morgan fingerprint density at radius 3 is 0.939 bits per heavy atom. The van der Waals surface area contributed by atoms with E-state index < -0.39 is 16.2 Å². The van der Waals surface area contributed by atoms with Gasteiger partial charge in [0.2, 0.25) is 0 Å². The highest BCUT2D eigenvalue weighted by molar-refractivity contribution is 7.60. The van der Waals surface area contributed by atoms with Gasteiger partial charge in [0.1, 0.15) is 0 Å². The molecule has 5 fully saturated rings. The first-order valence-electron chi connectivity index (χ1n) is 19.8. The average molecular weight is 698 g/mol. The van der Waals surface area contributed by atoms with Gasteiger partial charge in [-0.2, -0.15) is 0 Å². The van der Waals surface area contributed by atoms with Gasteiger partial charge >= 0.3 is 16.2 Å². The van der Waals surface area contributed by atoms with Crippen LogP contribution in [0.15, 0.2) is 48.5 Å². The zero-order chi connectivity index (χ0) is 35.2. The quantitative estimate of drug-likeness (QED) is 0.228. The summed E-state index contributed by atoms with van der Waals surface area (Å²) >= 11 is 0. The van der Waals surface area contributed by atoms with Crippen molar-refractivity contribution in [2.24, 2.45) is 39.4 Å². The van der Waals surface area contributed by atoms with Crippen LogP contribution in [0.25, 0.3) is 0 Å². The van der Waals surface area contributed by atoms with Crippen molar-refractivity contribution in [2.75, 3.05) is 44.4 Å². The van der Waals surface area contributed by atoms with Gasteiger partial charge in [-0.3, -0.25) is 4.23 Å². The molecule has 3 heterocycles. The van der Waals surface area contributed by atoms with E-state index in [1.54, 1.807) is 0 Å². The predicted octanol–water partition coefficient (Wildman–Crippen LogP) is 10.1. The molecule has 9 rings (SSSR count). The van der Waals surface area contributed by atoms with Crippen molar-refractivity contribution in [1.82, 2.24) is 4.23 Å². The Balaban J connectivity index is 1.48. The van der Waals surface area contributed by atoms with Crippen LogP contribution >= 0.6 is 0 Å². The SMILES string of the molecule is CC(C)(C)CN1c2ccccc2N(CC(C)(C)C)[Si]12N(C13CC4CC(CC(C4)C1)C3)[Si]21N(CC(C)(C)C)c2ccccc2N1CC(C)(C)C. The number of benzene rings is 2. The fourth-order valence-corrected chi connectivity index (χ4v) is 35.7. The third kappa shape index (κ3) is 5.12. The minimum absolute atomic E-state index is 0.172. The maximum absolute atomic E-state index is 3.52. The number of fused-ring (bicyclic) bond motifs is 3. The lowest BCUT2D eigenvalue weighted by atomic mass is 9.53. The van der Waals surface area contributed by atoms with Crippen LogP contribution in [0.4, 0.5) is 22.7 Å². The topological polar surface area (TPSA) is 16.0 Å². The predicted molar refractivity (Wildman–Crippen MR) is 214 cm³/mol. The number of nitrogens with zero attached hydrogens (tertiary/aromatic N) is 5. The Morgan fingerprint density at radius 1 is 0.469 bits per heavy atom. The Labute approximate surface area is 301 Å². The van der Waals surface area contributed by atoms with E-state index >= 15 is 0 Å². The largest absolute Gasteiger partial charge is 0.395 e. The molecule has 1 saturated heterocycles. The first kappa shape index (κ1) is 34.1.